The minimum atomic E-state index is 0.354. The monoisotopic (exact) mass is 248 g/mol. The smallest absolute Gasteiger partial charge is 0.226 e. The molecule has 2 heterocycles. The van der Waals surface area contributed by atoms with Gasteiger partial charge in [-0.3, -0.25) is 0 Å². The Kier molecular flexibility index (Phi) is 4.15. The second-order valence-electron chi connectivity index (χ2n) is 4.48. The fourth-order valence-electron chi connectivity index (χ4n) is 1.81. The van der Waals surface area contributed by atoms with Crippen molar-refractivity contribution in [3.63, 3.8) is 0 Å². The molecule has 0 bridgehead atoms. The zero-order valence-corrected chi connectivity index (χ0v) is 11.2. The quantitative estimate of drug-likeness (QED) is 0.851. The van der Waals surface area contributed by atoms with Gasteiger partial charge in [0.05, 0.1) is 6.54 Å². The average Bonchev–Trinajstić information content (AvgIpc) is 2.99. The molecule has 1 atom stereocenters. The van der Waals surface area contributed by atoms with E-state index >= 15 is 0 Å². The molecular weight excluding hydrogens is 228 g/mol. The van der Waals surface area contributed by atoms with Gasteiger partial charge in [0.1, 0.15) is 0 Å². The molecule has 5 heteroatoms. The maximum atomic E-state index is 5.17. The second-order valence-corrected chi connectivity index (χ2v) is 4.48. The summed E-state index contributed by atoms with van der Waals surface area (Å²) in [5.74, 6) is 1.46. The van der Waals surface area contributed by atoms with Crippen LogP contribution in [0.4, 0.5) is 0 Å². The third-order valence-electron chi connectivity index (χ3n) is 3.00. The lowest BCUT2D eigenvalue weighted by molar-refractivity contribution is 0.371. The summed E-state index contributed by atoms with van der Waals surface area (Å²) in [6, 6.07) is 2.46. The van der Waals surface area contributed by atoms with E-state index < -0.39 is 0 Å². The van der Waals surface area contributed by atoms with Crippen molar-refractivity contribution in [2.75, 3.05) is 7.05 Å². The first kappa shape index (κ1) is 12.8. The first-order valence-corrected chi connectivity index (χ1v) is 6.37. The lowest BCUT2D eigenvalue weighted by Crippen LogP contribution is -2.11. The van der Waals surface area contributed by atoms with E-state index in [-0.39, 0.29) is 0 Å². The minimum Gasteiger partial charge on any atom is -0.346 e. The van der Waals surface area contributed by atoms with E-state index in [0.717, 1.165) is 24.6 Å². The minimum absolute atomic E-state index is 0.354. The zero-order valence-electron chi connectivity index (χ0n) is 11.2. The van der Waals surface area contributed by atoms with Gasteiger partial charge in [-0.15, -0.1) is 0 Å². The van der Waals surface area contributed by atoms with Gasteiger partial charge in [0.15, 0.2) is 5.82 Å². The molecule has 2 rings (SSSR count). The maximum absolute atomic E-state index is 5.17. The SMILES string of the molecule is CCCc1nc(Cn2ccc(C(C)NC)c2)no1. The summed E-state index contributed by atoms with van der Waals surface area (Å²) in [6.45, 7) is 4.89. The summed E-state index contributed by atoms with van der Waals surface area (Å²) >= 11 is 0. The molecule has 0 fully saturated rings. The highest BCUT2D eigenvalue weighted by Gasteiger charge is 2.08. The Balaban J connectivity index is 2.01. The Morgan fingerprint density at radius 3 is 3.06 bits per heavy atom. The molecule has 1 unspecified atom stereocenters. The van der Waals surface area contributed by atoms with Crippen LogP contribution in [0, 0.1) is 0 Å². The maximum Gasteiger partial charge on any atom is 0.226 e. The number of nitrogens with one attached hydrogen (secondary N) is 1. The Bertz CT molecular complexity index is 489. The molecule has 0 aromatic carbocycles. The normalized spacial score (nSPS) is 12.8. The third kappa shape index (κ3) is 2.98. The van der Waals surface area contributed by atoms with Crippen molar-refractivity contribution >= 4 is 0 Å². The number of hydrogen-bond donors (Lipinski definition) is 1. The molecule has 0 aliphatic rings. The number of hydrogen-bond acceptors (Lipinski definition) is 4. The molecule has 0 amide bonds. The molecule has 0 aliphatic heterocycles. The highest BCUT2D eigenvalue weighted by molar-refractivity contribution is 5.15. The van der Waals surface area contributed by atoms with Crippen LogP contribution in [0.3, 0.4) is 0 Å². The summed E-state index contributed by atoms with van der Waals surface area (Å²) in [6.07, 6.45) is 6.02. The summed E-state index contributed by atoms with van der Waals surface area (Å²) in [5.41, 5.74) is 1.26. The van der Waals surface area contributed by atoms with Crippen LogP contribution in [0.25, 0.3) is 0 Å². The van der Waals surface area contributed by atoms with Crippen LogP contribution >= 0.6 is 0 Å². The van der Waals surface area contributed by atoms with Crippen molar-refractivity contribution in [1.29, 1.82) is 0 Å². The number of rotatable bonds is 6. The molecule has 0 radical (unpaired) electrons. The van der Waals surface area contributed by atoms with Gasteiger partial charge in [-0.1, -0.05) is 12.1 Å². The Morgan fingerprint density at radius 2 is 2.33 bits per heavy atom. The summed E-state index contributed by atoms with van der Waals surface area (Å²) < 4.78 is 7.24. The molecule has 98 valence electrons. The topological polar surface area (TPSA) is 55.9 Å². The largest absolute Gasteiger partial charge is 0.346 e. The first-order valence-electron chi connectivity index (χ1n) is 6.37. The second kappa shape index (κ2) is 5.82. The lowest BCUT2D eigenvalue weighted by atomic mass is 10.2. The van der Waals surface area contributed by atoms with Crippen molar-refractivity contribution < 1.29 is 4.52 Å². The van der Waals surface area contributed by atoms with E-state index in [1.165, 1.54) is 5.56 Å². The molecule has 0 saturated carbocycles. The van der Waals surface area contributed by atoms with Crippen LogP contribution < -0.4 is 5.32 Å². The molecule has 0 aliphatic carbocycles. The molecule has 0 spiro atoms. The van der Waals surface area contributed by atoms with Gasteiger partial charge in [0, 0.05) is 24.9 Å². The standard InChI is InChI=1S/C13H20N4O/c1-4-5-13-15-12(16-18-13)9-17-7-6-11(8-17)10(2)14-3/h6-8,10,14H,4-5,9H2,1-3H3. The van der Waals surface area contributed by atoms with Gasteiger partial charge in [-0.2, -0.15) is 4.98 Å². The Labute approximate surface area is 107 Å². The van der Waals surface area contributed by atoms with Gasteiger partial charge in [-0.25, -0.2) is 0 Å². The average molecular weight is 248 g/mol. The molecule has 2 aromatic heterocycles. The summed E-state index contributed by atoms with van der Waals surface area (Å²) in [4.78, 5) is 4.36. The van der Waals surface area contributed by atoms with E-state index in [2.05, 4.69) is 46.1 Å². The first-order chi connectivity index (χ1) is 8.72. The fraction of sp³-hybridized carbons (Fsp3) is 0.538. The van der Waals surface area contributed by atoms with Crippen molar-refractivity contribution in [1.82, 2.24) is 20.0 Å². The number of nitrogens with zero attached hydrogens (tertiary/aromatic N) is 3. The van der Waals surface area contributed by atoms with Crippen molar-refractivity contribution in [2.45, 2.75) is 39.3 Å². The van der Waals surface area contributed by atoms with Crippen molar-refractivity contribution in [3.8, 4) is 0 Å². The van der Waals surface area contributed by atoms with Crippen LogP contribution in [0.1, 0.15) is 43.6 Å². The highest BCUT2D eigenvalue weighted by Crippen LogP contribution is 2.12. The predicted octanol–water partition coefficient (Wildman–Crippen LogP) is 2.15. The van der Waals surface area contributed by atoms with Gasteiger partial charge in [-0.05, 0) is 32.0 Å². The van der Waals surface area contributed by atoms with Gasteiger partial charge in [0.25, 0.3) is 0 Å². The van der Waals surface area contributed by atoms with E-state index in [1.54, 1.807) is 0 Å². The van der Waals surface area contributed by atoms with E-state index in [9.17, 15) is 0 Å². The zero-order chi connectivity index (χ0) is 13.0. The molecule has 2 aromatic rings. The highest BCUT2D eigenvalue weighted by atomic mass is 16.5. The van der Waals surface area contributed by atoms with Crippen LogP contribution in [-0.2, 0) is 13.0 Å². The molecule has 18 heavy (non-hydrogen) atoms. The summed E-state index contributed by atoms with van der Waals surface area (Å²) in [7, 11) is 1.96. The van der Waals surface area contributed by atoms with E-state index in [4.69, 9.17) is 4.52 Å². The Morgan fingerprint density at radius 1 is 1.50 bits per heavy atom. The molecule has 0 saturated heterocycles. The van der Waals surface area contributed by atoms with Crippen LogP contribution in [0.2, 0.25) is 0 Å². The third-order valence-corrected chi connectivity index (χ3v) is 3.00. The van der Waals surface area contributed by atoms with Crippen molar-refractivity contribution in [2.24, 2.45) is 0 Å². The molecule has 5 nitrogen and oxygen atoms in total. The van der Waals surface area contributed by atoms with Gasteiger partial charge < -0.3 is 14.4 Å². The van der Waals surface area contributed by atoms with Crippen molar-refractivity contribution in [3.05, 3.63) is 35.7 Å². The number of aromatic nitrogens is 3. The van der Waals surface area contributed by atoms with E-state index in [0.29, 0.717) is 12.6 Å². The van der Waals surface area contributed by atoms with Crippen LogP contribution in [-0.4, -0.2) is 21.8 Å². The molecule has 1 N–H and O–H groups in total. The van der Waals surface area contributed by atoms with Crippen LogP contribution in [0.5, 0.6) is 0 Å². The van der Waals surface area contributed by atoms with Crippen LogP contribution in [0.15, 0.2) is 23.0 Å². The van der Waals surface area contributed by atoms with Gasteiger partial charge in [0.2, 0.25) is 5.89 Å². The predicted molar refractivity (Wildman–Crippen MR) is 69.3 cm³/mol. The fourth-order valence-corrected chi connectivity index (χ4v) is 1.81. The number of aryl methyl sites for hydroxylation is 1. The lowest BCUT2D eigenvalue weighted by Gasteiger charge is -2.06. The Hall–Kier alpha value is -1.62. The summed E-state index contributed by atoms with van der Waals surface area (Å²) in [5, 5.41) is 7.20. The van der Waals surface area contributed by atoms with E-state index in [1.807, 2.05) is 13.2 Å². The van der Waals surface area contributed by atoms with Gasteiger partial charge >= 0.3 is 0 Å². The molecular formula is C13H20N4O.